The summed E-state index contributed by atoms with van der Waals surface area (Å²) in [4.78, 5) is 2.21. The van der Waals surface area contributed by atoms with Crippen LogP contribution >= 0.6 is 11.3 Å². The third-order valence-corrected chi connectivity index (χ3v) is 4.76. The lowest BCUT2D eigenvalue weighted by Crippen LogP contribution is -2.32. The van der Waals surface area contributed by atoms with Gasteiger partial charge in [0.25, 0.3) is 0 Å². The minimum atomic E-state index is 1.00. The molecule has 1 aromatic heterocycles. The number of para-hydroxylation sites is 1. The van der Waals surface area contributed by atoms with Gasteiger partial charge in [-0.1, -0.05) is 53.8 Å². The summed E-state index contributed by atoms with van der Waals surface area (Å²) in [7, 11) is 4.23. The number of rotatable bonds is 5. The lowest BCUT2D eigenvalue weighted by Gasteiger charge is -2.16. The van der Waals surface area contributed by atoms with Gasteiger partial charge in [0.2, 0.25) is 11.0 Å². The molecule has 3 rings (SSSR count). The Kier molecular flexibility index (Phi) is 4.54. The number of aryl methyl sites for hydroxylation is 1. The molecule has 0 N–H and O–H groups in total. The van der Waals surface area contributed by atoms with Gasteiger partial charge in [0, 0.05) is 32.3 Å². The monoisotopic (exact) mass is 309 g/mol. The van der Waals surface area contributed by atoms with Gasteiger partial charge in [-0.25, -0.2) is 0 Å². The van der Waals surface area contributed by atoms with Crippen LogP contribution in [0.4, 0.5) is 0 Å². The molecule has 0 atom stereocenters. The molecular formula is C19H21N2S+. The Morgan fingerprint density at radius 3 is 2.55 bits per heavy atom. The normalized spacial score (nSPS) is 11.8. The van der Waals surface area contributed by atoms with E-state index in [0.717, 1.165) is 13.0 Å². The van der Waals surface area contributed by atoms with Crippen molar-refractivity contribution in [2.24, 2.45) is 0 Å². The first-order chi connectivity index (χ1) is 10.7. The number of hydrogen-bond donors (Lipinski definition) is 0. The molecule has 0 fully saturated rings. The predicted molar refractivity (Wildman–Crippen MR) is 94.7 cm³/mol. The third kappa shape index (κ3) is 3.37. The van der Waals surface area contributed by atoms with Crippen molar-refractivity contribution in [1.29, 1.82) is 0 Å². The van der Waals surface area contributed by atoms with E-state index in [9.17, 15) is 0 Å². The second kappa shape index (κ2) is 6.75. The maximum Gasteiger partial charge on any atom is 0.225 e. The Balaban J connectivity index is 1.79. The summed E-state index contributed by atoms with van der Waals surface area (Å²) in [5.74, 6) is 0. The fraction of sp³-hybridized carbons (Fsp3) is 0.211. The minimum absolute atomic E-state index is 1.00. The summed E-state index contributed by atoms with van der Waals surface area (Å²) in [6.07, 6.45) is 3.29. The Labute approximate surface area is 136 Å². The summed E-state index contributed by atoms with van der Waals surface area (Å²) in [5, 5.41) is 0. The molecule has 0 aliphatic heterocycles. The van der Waals surface area contributed by atoms with Crippen molar-refractivity contribution in [3.63, 3.8) is 0 Å². The molecule has 0 saturated heterocycles. The predicted octanol–water partition coefficient (Wildman–Crippen LogP) is 4.18. The van der Waals surface area contributed by atoms with E-state index in [1.165, 1.54) is 21.5 Å². The van der Waals surface area contributed by atoms with E-state index in [1.807, 2.05) is 11.3 Å². The molecule has 0 spiro atoms. The molecule has 0 unspecified atom stereocenters. The van der Waals surface area contributed by atoms with E-state index < -0.39 is 0 Å². The SMILES string of the molecule is CN(C)C(=Cc1ccccc1)CC[n+]1csc2ccccc21. The molecule has 2 nitrogen and oxygen atoms in total. The molecule has 3 aromatic rings. The van der Waals surface area contributed by atoms with Crippen LogP contribution in [-0.4, -0.2) is 19.0 Å². The number of thiazole rings is 1. The van der Waals surface area contributed by atoms with Gasteiger partial charge in [-0.05, 0) is 17.7 Å². The van der Waals surface area contributed by atoms with Gasteiger partial charge in [0.1, 0.15) is 4.70 Å². The summed E-state index contributed by atoms with van der Waals surface area (Å²) in [6, 6.07) is 19.1. The van der Waals surface area contributed by atoms with Crippen LogP contribution in [0.15, 0.2) is 65.8 Å². The van der Waals surface area contributed by atoms with Crippen LogP contribution < -0.4 is 4.57 Å². The summed E-state index contributed by atoms with van der Waals surface area (Å²) < 4.78 is 3.70. The second-order valence-corrected chi connectivity index (χ2v) is 6.46. The van der Waals surface area contributed by atoms with Gasteiger partial charge >= 0.3 is 0 Å². The first kappa shape index (κ1) is 14.8. The number of nitrogens with zero attached hydrogens (tertiary/aromatic N) is 2. The van der Waals surface area contributed by atoms with Crippen molar-refractivity contribution < 1.29 is 4.57 Å². The van der Waals surface area contributed by atoms with Crippen LogP contribution in [-0.2, 0) is 6.54 Å². The Morgan fingerprint density at radius 1 is 1.05 bits per heavy atom. The van der Waals surface area contributed by atoms with Crippen molar-refractivity contribution in [3.05, 3.63) is 71.4 Å². The van der Waals surface area contributed by atoms with Crippen molar-refractivity contribution in [3.8, 4) is 0 Å². The van der Waals surface area contributed by atoms with Crippen molar-refractivity contribution in [1.82, 2.24) is 4.90 Å². The fourth-order valence-corrected chi connectivity index (χ4v) is 3.47. The zero-order valence-electron chi connectivity index (χ0n) is 13.1. The van der Waals surface area contributed by atoms with E-state index >= 15 is 0 Å². The molecule has 0 radical (unpaired) electrons. The molecule has 0 aliphatic carbocycles. The van der Waals surface area contributed by atoms with Crippen LogP contribution in [0.3, 0.4) is 0 Å². The maximum atomic E-state index is 2.35. The number of hydrogen-bond acceptors (Lipinski definition) is 2. The number of fused-ring (bicyclic) bond motifs is 1. The summed E-state index contributed by atoms with van der Waals surface area (Å²) >= 11 is 1.81. The van der Waals surface area contributed by atoms with Crippen LogP contribution in [0.25, 0.3) is 16.3 Å². The van der Waals surface area contributed by atoms with Gasteiger partial charge in [-0.15, -0.1) is 0 Å². The van der Waals surface area contributed by atoms with Crippen molar-refractivity contribution in [2.45, 2.75) is 13.0 Å². The average Bonchev–Trinajstić information content (AvgIpc) is 2.95. The molecule has 1 heterocycles. The molecule has 0 amide bonds. The van der Waals surface area contributed by atoms with Gasteiger partial charge in [0.05, 0.1) is 0 Å². The minimum Gasteiger partial charge on any atom is -0.381 e. The van der Waals surface area contributed by atoms with E-state index in [2.05, 4.69) is 89.7 Å². The highest BCUT2D eigenvalue weighted by Crippen LogP contribution is 2.17. The average molecular weight is 309 g/mol. The smallest absolute Gasteiger partial charge is 0.225 e. The largest absolute Gasteiger partial charge is 0.381 e. The Morgan fingerprint density at radius 2 is 1.77 bits per heavy atom. The maximum absolute atomic E-state index is 2.35. The van der Waals surface area contributed by atoms with E-state index in [-0.39, 0.29) is 0 Å². The first-order valence-corrected chi connectivity index (χ1v) is 8.40. The van der Waals surface area contributed by atoms with Gasteiger partial charge in [0.15, 0.2) is 6.54 Å². The van der Waals surface area contributed by atoms with Crippen LogP contribution in [0, 0.1) is 0 Å². The fourth-order valence-electron chi connectivity index (χ4n) is 2.55. The Hall–Kier alpha value is -2.13. The number of aromatic nitrogens is 1. The van der Waals surface area contributed by atoms with E-state index in [0.29, 0.717) is 0 Å². The first-order valence-electron chi connectivity index (χ1n) is 7.52. The topological polar surface area (TPSA) is 7.12 Å². The molecule has 0 saturated carbocycles. The van der Waals surface area contributed by atoms with E-state index in [1.54, 1.807) is 0 Å². The number of benzene rings is 2. The molecule has 2 aromatic carbocycles. The number of allylic oxidation sites excluding steroid dienone is 1. The zero-order valence-corrected chi connectivity index (χ0v) is 13.9. The zero-order chi connectivity index (χ0) is 15.4. The molecule has 112 valence electrons. The van der Waals surface area contributed by atoms with Crippen molar-refractivity contribution in [2.75, 3.05) is 14.1 Å². The molecule has 3 heteroatoms. The highest BCUT2D eigenvalue weighted by molar-refractivity contribution is 7.16. The molecule has 0 aliphatic rings. The quantitative estimate of drug-likeness (QED) is 0.641. The molecular weight excluding hydrogens is 288 g/mol. The summed E-state index contributed by atoms with van der Waals surface area (Å²) in [6.45, 7) is 1.00. The van der Waals surface area contributed by atoms with Crippen LogP contribution in [0.1, 0.15) is 12.0 Å². The van der Waals surface area contributed by atoms with Crippen molar-refractivity contribution >= 4 is 27.6 Å². The Bertz CT molecular complexity index is 772. The second-order valence-electron chi connectivity index (χ2n) is 5.58. The van der Waals surface area contributed by atoms with Gasteiger partial charge in [-0.2, -0.15) is 4.57 Å². The lowest BCUT2D eigenvalue weighted by molar-refractivity contribution is -0.666. The van der Waals surface area contributed by atoms with E-state index in [4.69, 9.17) is 0 Å². The highest BCUT2D eigenvalue weighted by atomic mass is 32.1. The van der Waals surface area contributed by atoms with Gasteiger partial charge < -0.3 is 4.90 Å². The molecule has 0 bridgehead atoms. The third-order valence-electron chi connectivity index (χ3n) is 3.80. The molecule has 22 heavy (non-hydrogen) atoms. The summed E-state index contributed by atoms with van der Waals surface area (Å²) in [5.41, 5.74) is 6.14. The van der Waals surface area contributed by atoms with Gasteiger partial charge in [-0.3, -0.25) is 0 Å². The van der Waals surface area contributed by atoms with Crippen LogP contribution in [0.5, 0.6) is 0 Å². The lowest BCUT2D eigenvalue weighted by atomic mass is 10.1. The van der Waals surface area contributed by atoms with Crippen LogP contribution in [0.2, 0.25) is 0 Å². The standard InChI is InChI=1S/C19H21N2S/c1-20(2)17(14-16-8-4-3-5-9-16)12-13-21-15-22-19-11-7-6-10-18(19)21/h3-11,14-15H,12-13H2,1-2H3/q+1. The highest BCUT2D eigenvalue weighted by Gasteiger charge is 2.12.